The Balaban J connectivity index is 2.09. The second-order valence-corrected chi connectivity index (χ2v) is 5.15. The van der Waals surface area contributed by atoms with Gasteiger partial charge in [-0.05, 0) is 30.5 Å². The molecule has 1 fully saturated rings. The Morgan fingerprint density at radius 2 is 2.40 bits per heavy atom. The predicted molar refractivity (Wildman–Crippen MR) is 60.5 cm³/mol. The van der Waals surface area contributed by atoms with Gasteiger partial charge in [-0.25, -0.2) is 0 Å². The summed E-state index contributed by atoms with van der Waals surface area (Å²) in [6.07, 6.45) is 2.96. The highest BCUT2D eigenvalue weighted by Gasteiger charge is 2.34. The zero-order chi connectivity index (χ0) is 10.9. The van der Waals surface area contributed by atoms with E-state index in [2.05, 4.69) is 18.7 Å². The molecule has 1 aromatic heterocycles. The number of nitrogens with zero attached hydrogens (tertiary/aromatic N) is 1. The van der Waals surface area contributed by atoms with Crippen LogP contribution in [0.3, 0.4) is 0 Å². The van der Waals surface area contributed by atoms with Crippen LogP contribution < -0.4 is 5.73 Å². The molecule has 0 saturated carbocycles. The summed E-state index contributed by atoms with van der Waals surface area (Å²) in [5, 5.41) is 0. The highest BCUT2D eigenvalue weighted by Crippen LogP contribution is 2.34. The molecule has 2 N–H and O–H groups in total. The van der Waals surface area contributed by atoms with Gasteiger partial charge in [-0.15, -0.1) is 0 Å². The Bertz CT molecular complexity index is 305. The molecule has 0 spiro atoms. The van der Waals surface area contributed by atoms with Crippen molar-refractivity contribution in [2.45, 2.75) is 26.3 Å². The summed E-state index contributed by atoms with van der Waals surface area (Å²) in [7, 11) is 0. The van der Waals surface area contributed by atoms with Crippen LogP contribution in [-0.4, -0.2) is 24.5 Å². The third kappa shape index (κ3) is 2.24. The lowest BCUT2D eigenvalue weighted by molar-refractivity contribution is 0.199. The Morgan fingerprint density at radius 1 is 1.60 bits per heavy atom. The fourth-order valence-electron chi connectivity index (χ4n) is 2.35. The highest BCUT2D eigenvalue weighted by atomic mass is 16.3. The van der Waals surface area contributed by atoms with E-state index >= 15 is 0 Å². The van der Waals surface area contributed by atoms with Crippen molar-refractivity contribution < 1.29 is 4.42 Å². The van der Waals surface area contributed by atoms with E-state index in [4.69, 9.17) is 10.2 Å². The van der Waals surface area contributed by atoms with E-state index in [9.17, 15) is 0 Å². The monoisotopic (exact) mass is 208 g/mol. The zero-order valence-corrected chi connectivity index (χ0v) is 9.57. The van der Waals surface area contributed by atoms with Crippen LogP contribution in [0.1, 0.15) is 32.1 Å². The van der Waals surface area contributed by atoms with Gasteiger partial charge in [-0.2, -0.15) is 0 Å². The van der Waals surface area contributed by atoms with Crippen LogP contribution in [-0.2, 0) is 0 Å². The van der Waals surface area contributed by atoms with Crippen molar-refractivity contribution in [2.75, 3.05) is 19.6 Å². The van der Waals surface area contributed by atoms with Crippen molar-refractivity contribution >= 4 is 0 Å². The molecule has 2 rings (SSSR count). The van der Waals surface area contributed by atoms with Gasteiger partial charge in [0.1, 0.15) is 5.76 Å². The van der Waals surface area contributed by atoms with Crippen LogP contribution in [0.15, 0.2) is 22.8 Å². The molecule has 0 amide bonds. The van der Waals surface area contributed by atoms with E-state index in [1.165, 1.54) is 6.42 Å². The molecule has 84 valence electrons. The van der Waals surface area contributed by atoms with E-state index in [-0.39, 0.29) is 6.04 Å². The van der Waals surface area contributed by atoms with Crippen molar-refractivity contribution in [1.82, 2.24) is 4.90 Å². The second-order valence-electron chi connectivity index (χ2n) is 5.15. The molecule has 3 heteroatoms. The molecule has 3 nitrogen and oxygen atoms in total. The molecule has 1 atom stereocenters. The summed E-state index contributed by atoms with van der Waals surface area (Å²) in [6.45, 7) is 7.47. The van der Waals surface area contributed by atoms with Gasteiger partial charge in [0.05, 0.1) is 12.3 Å². The van der Waals surface area contributed by atoms with Gasteiger partial charge < -0.3 is 10.2 Å². The first kappa shape index (κ1) is 10.7. The lowest BCUT2D eigenvalue weighted by Crippen LogP contribution is -2.32. The molecule has 15 heavy (non-hydrogen) atoms. The van der Waals surface area contributed by atoms with E-state index in [0.29, 0.717) is 12.0 Å². The van der Waals surface area contributed by atoms with Crippen molar-refractivity contribution in [3.8, 4) is 0 Å². The first-order valence-electron chi connectivity index (χ1n) is 5.60. The molecule has 0 aromatic carbocycles. The van der Waals surface area contributed by atoms with Gasteiger partial charge in [0.15, 0.2) is 0 Å². The molecule has 1 saturated heterocycles. The number of furan rings is 1. The van der Waals surface area contributed by atoms with Crippen molar-refractivity contribution in [1.29, 1.82) is 0 Å². The van der Waals surface area contributed by atoms with Gasteiger partial charge in [0.2, 0.25) is 0 Å². The average molecular weight is 208 g/mol. The van der Waals surface area contributed by atoms with Crippen molar-refractivity contribution in [2.24, 2.45) is 11.1 Å². The summed E-state index contributed by atoms with van der Waals surface area (Å²) < 4.78 is 5.45. The minimum absolute atomic E-state index is 0.252. The highest BCUT2D eigenvalue weighted by molar-refractivity contribution is 5.06. The second kappa shape index (κ2) is 3.99. The summed E-state index contributed by atoms with van der Waals surface area (Å²) in [5.74, 6) is 0.996. The van der Waals surface area contributed by atoms with E-state index in [1.54, 1.807) is 6.26 Å². The maximum absolute atomic E-state index is 5.83. The normalized spacial score (nSPS) is 23.1. The molecule has 1 aliphatic rings. The van der Waals surface area contributed by atoms with Crippen LogP contribution >= 0.6 is 0 Å². The molecule has 1 aliphatic heterocycles. The minimum atomic E-state index is 0.252. The van der Waals surface area contributed by atoms with Crippen molar-refractivity contribution in [3.63, 3.8) is 0 Å². The lowest BCUT2D eigenvalue weighted by Gasteiger charge is -2.26. The van der Waals surface area contributed by atoms with Gasteiger partial charge in [-0.1, -0.05) is 13.8 Å². The lowest BCUT2D eigenvalue weighted by atomic mass is 9.93. The predicted octanol–water partition coefficient (Wildman–Crippen LogP) is 2.01. The van der Waals surface area contributed by atoms with E-state index < -0.39 is 0 Å². The maximum atomic E-state index is 5.83. The maximum Gasteiger partial charge on any atom is 0.122 e. The molecule has 0 bridgehead atoms. The number of rotatable bonds is 3. The third-order valence-corrected chi connectivity index (χ3v) is 3.24. The first-order chi connectivity index (χ1) is 7.12. The van der Waals surface area contributed by atoms with Crippen LogP contribution in [0.5, 0.6) is 0 Å². The molecule has 1 aromatic rings. The molecular weight excluding hydrogens is 188 g/mol. The van der Waals surface area contributed by atoms with Crippen LogP contribution in [0.2, 0.25) is 0 Å². The van der Waals surface area contributed by atoms with Gasteiger partial charge in [-0.3, -0.25) is 4.90 Å². The largest absolute Gasteiger partial charge is 0.468 e. The van der Waals surface area contributed by atoms with Gasteiger partial charge >= 0.3 is 0 Å². The fraction of sp³-hybridized carbons (Fsp3) is 0.667. The molecule has 1 unspecified atom stereocenters. The molecule has 0 radical (unpaired) electrons. The molecule has 0 aliphatic carbocycles. The Labute approximate surface area is 91.2 Å². The summed E-state index contributed by atoms with van der Waals surface area (Å²) in [5.41, 5.74) is 6.25. The summed E-state index contributed by atoms with van der Waals surface area (Å²) >= 11 is 0. The number of likely N-dealkylation sites (tertiary alicyclic amines) is 1. The topological polar surface area (TPSA) is 42.4 Å². The number of nitrogens with two attached hydrogens (primary N) is 1. The SMILES string of the molecule is CC1(C)CCN(C(CN)c2ccco2)C1. The minimum Gasteiger partial charge on any atom is -0.468 e. The van der Waals surface area contributed by atoms with Crippen LogP contribution in [0, 0.1) is 5.41 Å². The summed E-state index contributed by atoms with van der Waals surface area (Å²) in [6, 6.07) is 4.20. The first-order valence-corrected chi connectivity index (χ1v) is 5.60. The standard InChI is InChI=1S/C12H20N2O/c1-12(2)5-6-14(9-12)10(8-13)11-4-3-7-15-11/h3-4,7,10H,5-6,8-9,13H2,1-2H3. The number of hydrogen-bond acceptors (Lipinski definition) is 3. The zero-order valence-electron chi connectivity index (χ0n) is 9.57. The Morgan fingerprint density at radius 3 is 2.87 bits per heavy atom. The average Bonchev–Trinajstić information content (AvgIpc) is 2.77. The van der Waals surface area contributed by atoms with E-state index in [1.807, 2.05) is 12.1 Å². The molecular formula is C12H20N2O. The Hall–Kier alpha value is -0.800. The third-order valence-electron chi connectivity index (χ3n) is 3.24. The Kier molecular flexibility index (Phi) is 2.85. The van der Waals surface area contributed by atoms with E-state index in [0.717, 1.165) is 18.8 Å². The summed E-state index contributed by atoms with van der Waals surface area (Å²) in [4.78, 5) is 2.43. The smallest absolute Gasteiger partial charge is 0.122 e. The van der Waals surface area contributed by atoms with Gasteiger partial charge in [0.25, 0.3) is 0 Å². The van der Waals surface area contributed by atoms with Crippen molar-refractivity contribution in [3.05, 3.63) is 24.2 Å². The quantitative estimate of drug-likeness (QED) is 0.826. The molecule has 2 heterocycles. The fourth-order valence-corrected chi connectivity index (χ4v) is 2.35. The number of hydrogen-bond donors (Lipinski definition) is 1. The van der Waals surface area contributed by atoms with Crippen LogP contribution in [0.25, 0.3) is 0 Å². The van der Waals surface area contributed by atoms with Crippen LogP contribution in [0.4, 0.5) is 0 Å². The van der Waals surface area contributed by atoms with Gasteiger partial charge in [0, 0.05) is 13.1 Å².